The van der Waals surface area contributed by atoms with Crippen LogP contribution in [0.3, 0.4) is 0 Å². The first-order valence-electron chi connectivity index (χ1n) is 5.73. The Morgan fingerprint density at radius 3 is 2.82 bits per heavy atom. The topological polar surface area (TPSA) is 62.8 Å². The van der Waals surface area contributed by atoms with Crippen LogP contribution in [0.1, 0.15) is 19.8 Å². The average Bonchev–Trinajstić information content (AvgIpc) is 2.72. The van der Waals surface area contributed by atoms with Crippen molar-refractivity contribution in [3.63, 3.8) is 0 Å². The van der Waals surface area contributed by atoms with Gasteiger partial charge >= 0.3 is 7.12 Å². The Hall–Kier alpha value is -1.46. The van der Waals surface area contributed by atoms with Gasteiger partial charge in [0, 0.05) is 5.39 Å². The van der Waals surface area contributed by atoms with Crippen LogP contribution in [0.2, 0.25) is 0 Å². The monoisotopic (exact) mass is 234 g/mol. The maximum absolute atomic E-state index is 9.00. The highest BCUT2D eigenvalue weighted by Gasteiger charge is 2.17. The molecule has 2 rings (SSSR count). The quantitative estimate of drug-likeness (QED) is 0.604. The maximum Gasteiger partial charge on any atom is 0.526 e. The van der Waals surface area contributed by atoms with Crippen LogP contribution >= 0.6 is 0 Å². The molecule has 5 heteroatoms. The number of hydrogen-bond acceptors (Lipinski definition) is 4. The summed E-state index contributed by atoms with van der Waals surface area (Å²) < 4.78 is 10.8. The number of rotatable bonds is 5. The van der Waals surface area contributed by atoms with Crippen LogP contribution < -0.4 is 10.4 Å². The molecule has 0 spiro atoms. The third kappa shape index (κ3) is 2.81. The van der Waals surface area contributed by atoms with Gasteiger partial charge in [0.1, 0.15) is 17.0 Å². The standard InChI is InChI=1S/C12H15BO4/c1-2-3-6-16-10-4-5-11-9(7-10)8-12(17-11)13(14)15/h4-5,7-8,14-15H,2-3,6H2,1H3. The zero-order valence-corrected chi connectivity index (χ0v) is 9.72. The minimum Gasteiger partial charge on any atom is -0.494 e. The predicted octanol–water partition coefficient (Wildman–Crippen LogP) is 1.29. The molecule has 1 heterocycles. The molecule has 0 unspecified atom stereocenters. The molecule has 2 aromatic rings. The number of benzene rings is 1. The molecule has 17 heavy (non-hydrogen) atoms. The highest BCUT2D eigenvalue weighted by molar-refractivity contribution is 6.57. The van der Waals surface area contributed by atoms with Crippen LogP contribution in [0.5, 0.6) is 5.75 Å². The van der Waals surface area contributed by atoms with Crippen molar-refractivity contribution in [2.24, 2.45) is 0 Å². The van der Waals surface area contributed by atoms with Gasteiger partial charge in [0.2, 0.25) is 0 Å². The molecule has 1 aromatic heterocycles. The number of fused-ring (bicyclic) bond motifs is 1. The summed E-state index contributed by atoms with van der Waals surface area (Å²) in [6, 6.07) is 7.02. The highest BCUT2D eigenvalue weighted by atomic mass is 16.5. The van der Waals surface area contributed by atoms with Crippen molar-refractivity contribution in [2.75, 3.05) is 6.61 Å². The number of hydrogen-bond donors (Lipinski definition) is 2. The molecular formula is C12H15BO4. The Morgan fingerprint density at radius 1 is 1.29 bits per heavy atom. The van der Waals surface area contributed by atoms with Crippen LogP contribution in [0.15, 0.2) is 28.7 Å². The first-order chi connectivity index (χ1) is 8.20. The van der Waals surface area contributed by atoms with Gasteiger partial charge in [0.25, 0.3) is 0 Å². The Kier molecular flexibility index (Phi) is 3.71. The summed E-state index contributed by atoms with van der Waals surface area (Å²) in [4.78, 5) is 0. The molecule has 0 amide bonds. The summed E-state index contributed by atoms with van der Waals surface area (Å²) in [6.45, 7) is 2.80. The minimum absolute atomic E-state index is 0.144. The van der Waals surface area contributed by atoms with Gasteiger partial charge in [-0.15, -0.1) is 0 Å². The molecule has 0 bridgehead atoms. The van der Waals surface area contributed by atoms with E-state index in [0.29, 0.717) is 12.2 Å². The number of furan rings is 1. The van der Waals surface area contributed by atoms with Crippen LogP contribution in [-0.2, 0) is 0 Å². The van der Waals surface area contributed by atoms with E-state index in [1.165, 1.54) is 0 Å². The molecule has 0 saturated heterocycles. The van der Waals surface area contributed by atoms with Crippen molar-refractivity contribution in [1.29, 1.82) is 0 Å². The summed E-state index contributed by atoms with van der Waals surface area (Å²) in [5, 5.41) is 18.8. The van der Waals surface area contributed by atoms with Crippen LogP contribution in [0.4, 0.5) is 0 Å². The van der Waals surface area contributed by atoms with Crippen LogP contribution in [-0.4, -0.2) is 23.8 Å². The van der Waals surface area contributed by atoms with Crippen molar-refractivity contribution < 1.29 is 19.2 Å². The van der Waals surface area contributed by atoms with E-state index in [9.17, 15) is 0 Å². The zero-order chi connectivity index (χ0) is 12.3. The lowest BCUT2D eigenvalue weighted by Crippen LogP contribution is -2.27. The van der Waals surface area contributed by atoms with Gasteiger partial charge in [-0.25, -0.2) is 0 Å². The average molecular weight is 234 g/mol. The SMILES string of the molecule is CCCCOc1ccc2oc(B(O)O)cc2c1. The Morgan fingerprint density at radius 2 is 2.12 bits per heavy atom. The normalized spacial score (nSPS) is 10.8. The van der Waals surface area contributed by atoms with Gasteiger partial charge in [0.05, 0.1) is 6.61 Å². The zero-order valence-electron chi connectivity index (χ0n) is 9.72. The highest BCUT2D eigenvalue weighted by Crippen LogP contribution is 2.21. The molecule has 90 valence electrons. The molecule has 0 aliphatic rings. The van der Waals surface area contributed by atoms with Crippen molar-refractivity contribution in [3.05, 3.63) is 24.3 Å². The molecule has 0 aliphatic carbocycles. The van der Waals surface area contributed by atoms with Gasteiger partial charge in [-0.2, -0.15) is 0 Å². The molecular weight excluding hydrogens is 219 g/mol. The summed E-state index contributed by atoms with van der Waals surface area (Å²) in [5.41, 5.74) is 0.765. The lowest BCUT2D eigenvalue weighted by molar-refractivity contribution is 0.310. The molecule has 0 aliphatic heterocycles. The van der Waals surface area contributed by atoms with E-state index in [-0.39, 0.29) is 5.66 Å². The second-order valence-electron chi connectivity index (χ2n) is 3.92. The fourth-order valence-electron chi connectivity index (χ4n) is 1.59. The van der Waals surface area contributed by atoms with E-state index < -0.39 is 7.12 Å². The molecule has 0 saturated carbocycles. The summed E-state index contributed by atoms with van der Waals surface area (Å²) >= 11 is 0. The second kappa shape index (κ2) is 5.25. The van der Waals surface area contributed by atoms with Gasteiger partial charge in [0.15, 0.2) is 0 Å². The van der Waals surface area contributed by atoms with Crippen molar-refractivity contribution in [2.45, 2.75) is 19.8 Å². The van der Waals surface area contributed by atoms with E-state index in [4.69, 9.17) is 19.2 Å². The predicted molar refractivity (Wildman–Crippen MR) is 66.4 cm³/mol. The fraction of sp³-hybridized carbons (Fsp3) is 0.333. The van der Waals surface area contributed by atoms with E-state index in [0.717, 1.165) is 24.0 Å². The van der Waals surface area contributed by atoms with E-state index in [1.807, 2.05) is 12.1 Å². The van der Waals surface area contributed by atoms with E-state index in [2.05, 4.69) is 6.92 Å². The smallest absolute Gasteiger partial charge is 0.494 e. The van der Waals surface area contributed by atoms with Crippen LogP contribution in [0.25, 0.3) is 11.0 Å². The Labute approximate surface area is 100.0 Å². The third-order valence-electron chi connectivity index (χ3n) is 2.53. The molecule has 2 N–H and O–H groups in total. The molecule has 1 aromatic carbocycles. The number of unbranched alkanes of at least 4 members (excludes halogenated alkanes) is 1. The first kappa shape index (κ1) is 12.0. The Balaban J connectivity index is 2.18. The van der Waals surface area contributed by atoms with Crippen molar-refractivity contribution in [1.82, 2.24) is 0 Å². The van der Waals surface area contributed by atoms with Crippen molar-refractivity contribution >= 4 is 23.7 Å². The second-order valence-corrected chi connectivity index (χ2v) is 3.92. The van der Waals surface area contributed by atoms with Gasteiger partial charge in [-0.05, 0) is 30.7 Å². The third-order valence-corrected chi connectivity index (χ3v) is 2.53. The van der Waals surface area contributed by atoms with Gasteiger partial charge in [-0.1, -0.05) is 13.3 Å². The van der Waals surface area contributed by atoms with E-state index in [1.54, 1.807) is 12.1 Å². The van der Waals surface area contributed by atoms with Gasteiger partial charge in [-0.3, -0.25) is 0 Å². The summed E-state index contributed by atoms with van der Waals surface area (Å²) in [7, 11) is -1.58. The molecule has 0 radical (unpaired) electrons. The van der Waals surface area contributed by atoms with Gasteiger partial charge < -0.3 is 19.2 Å². The number of ether oxygens (including phenoxy) is 1. The largest absolute Gasteiger partial charge is 0.526 e. The summed E-state index contributed by atoms with van der Waals surface area (Å²) in [6.07, 6.45) is 2.11. The first-order valence-corrected chi connectivity index (χ1v) is 5.73. The molecule has 4 nitrogen and oxygen atoms in total. The lowest BCUT2D eigenvalue weighted by Gasteiger charge is -2.04. The fourth-order valence-corrected chi connectivity index (χ4v) is 1.59. The molecule has 0 atom stereocenters. The summed E-state index contributed by atoms with van der Waals surface area (Å²) in [5.74, 6) is 0.769. The maximum atomic E-state index is 9.00. The van der Waals surface area contributed by atoms with Crippen LogP contribution in [0, 0.1) is 0 Å². The minimum atomic E-state index is -1.58. The van der Waals surface area contributed by atoms with Crippen molar-refractivity contribution in [3.8, 4) is 5.75 Å². The molecule has 0 fully saturated rings. The Bertz CT molecular complexity index is 492. The van der Waals surface area contributed by atoms with E-state index >= 15 is 0 Å². The lowest BCUT2D eigenvalue weighted by atomic mass is 9.88.